The summed E-state index contributed by atoms with van der Waals surface area (Å²) in [6, 6.07) is 0. The van der Waals surface area contributed by atoms with Crippen molar-refractivity contribution in [1.29, 1.82) is 0 Å². The topological polar surface area (TPSA) is 61.3 Å². The highest BCUT2D eigenvalue weighted by Gasteiger charge is 2.14. The van der Waals surface area contributed by atoms with E-state index in [2.05, 4.69) is 9.97 Å². The first-order valence-electron chi connectivity index (χ1n) is 6.32. The maximum atomic E-state index is 11.7. The predicted molar refractivity (Wildman–Crippen MR) is 67.6 cm³/mol. The number of esters is 1. The molecular weight excluding hydrogens is 232 g/mol. The molecule has 1 heterocycles. The van der Waals surface area contributed by atoms with E-state index < -0.39 is 0 Å². The fraction of sp³-hybridized carbons (Fsp3) is 0.615. The van der Waals surface area contributed by atoms with E-state index in [0.29, 0.717) is 44.1 Å². The van der Waals surface area contributed by atoms with Gasteiger partial charge in [-0.1, -0.05) is 6.92 Å². The third kappa shape index (κ3) is 4.07. The first-order valence-corrected chi connectivity index (χ1v) is 6.32. The van der Waals surface area contributed by atoms with Gasteiger partial charge in [0.25, 0.3) is 0 Å². The summed E-state index contributed by atoms with van der Waals surface area (Å²) in [6.45, 7) is 7.31. The van der Waals surface area contributed by atoms with Crippen LogP contribution in [0, 0.1) is 0 Å². The molecule has 5 heteroatoms. The molecule has 0 N–H and O–H groups in total. The molecule has 0 amide bonds. The summed E-state index contributed by atoms with van der Waals surface area (Å²) in [5.74, 6) is 0.346. The van der Waals surface area contributed by atoms with Crippen LogP contribution in [-0.4, -0.2) is 35.8 Å². The van der Waals surface area contributed by atoms with E-state index in [1.807, 2.05) is 13.8 Å². The van der Waals surface area contributed by atoms with Crippen LogP contribution in [0.5, 0.6) is 0 Å². The third-order valence-electron chi connectivity index (χ3n) is 2.42. The number of rotatable bonds is 7. The number of hydrogen-bond donors (Lipinski definition) is 0. The van der Waals surface area contributed by atoms with Crippen molar-refractivity contribution in [3.05, 3.63) is 23.3 Å². The van der Waals surface area contributed by atoms with Gasteiger partial charge in [-0.15, -0.1) is 0 Å². The monoisotopic (exact) mass is 252 g/mol. The lowest BCUT2D eigenvalue weighted by Gasteiger charge is -2.08. The molecule has 1 aromatic rings. The van der Waals surface area contributed by atoms with Gasteiger partial charge in [0.15, 0.2) is 0 Å². The molecule has 0 aliphatic rings. The average molecular weight is 252 g/mol. The fourth-order valence-corrected chi connectivity index (χ4v) is 1.54. The van der Waals surface area contributed by atoms with E-state index in [4.69, 9.17) is 9.47 Å². The van der Waals surface area contributed by atoms with Crippen molar-refractivity contribution in [3.8, 4) is 0 Å². The van der Waals surface area contributed by atoms with Gasteiger partial charge in [0.2, 0.25) is 0 Å². The Morgan fingerprint density at radius 2 is 2.06 bits per heavy atom. The number of carbonyl (C=O) groups excluding carboxylic acids is 1. The van der Waals surface area contributed by atoms with Crippen LogP contribution in [0.3, 0.4) is 0 Å². The molecule has 0 aliphatic heterocycles. The second-order valence-electron chi connectivity index (χ2n) is 3.67. The average Bonchev–Trinajstić information content (AvgIpc) is 2.39. The third-order valence-corrected chi connectivity index (χ3v) is 2.42. The van der Waals surface area contributed by atoms with Crippen LogP contribution >= 0.6 is 0 Å². The predicted octanol–water partition coefficient (Wildman–Crippen LogP) is 1.79. The van der Waals surface area contributed by atoms with E-state index >= 15 is 0 Å². The molecule has 0 unspecified atom stereocenters. The summed E-state index contributed by atoms with van der Waals surface area (Å²) < 4.78 is 10.2. The fourth-order valence-electron chi connectivity index (χ4n) is 1.54. The minimum Gasteiger partial charge on any atom is -0.462 e. The van der Waals surface area contributed by atoms with Crippen LogP contribution in [0.15, 0.2) is 6.20 Å². The van der Waals surface area contributed by atoms with Crippen LogP contribution in [0.4, 0.5) is 0 Å². The van der Waals surface area contributed by atoms with Gasteiger partial charge in [-0.05, 0) is 20.3 Å². The van der Waals surface area contributed by atoms with Gasteiger partial charge in [-0.3, -0.25) is 0 Å². The van der Waals surface area contributed by atoms with Crippen LogP contribution in [-0.2, 0) is 22.3 Å². The Bertz CT molecular complexity index is 394. The molecule has 0 saturated heterocycles. The van der Waals surface area contributed by atoms with Crippen molar-refractivity contribution in [2.24, 2.45) is 0 Å². The SMILES string of the molecule is CCOCCc1ncc(C(=O)OCC)c(CC)n1. The Hall–Kier alpha value is -1.49. The quantitative estimate of drug-likeness (QED) is 0.547. The normalized spacial score (nSPS) is 10.4. The Morgan fingerprint density at radius 3 is 2.67 bits per heavy atom. The van der Waals surface area contributed by atoms with Crippen molar-refractivity contribution in [2.45, 2.75) is 33.6 Å². The summed E-state index contributed by atoms with van der Waals surface area (Å²) in [6.07, 6.45) is 2.88. The van der Waals surface area contributed by atoms with Crippen molar-refractivity contribution in [2.75, 3.05) is 19.8 Å². The smallest absolute Gasteiger partial charge is 0.341 e. The molecule has 100 valence electrons. The number of hydrogen-bond acceptors (Lipinski definition) is 5. The number of nitrogens with zero attached hydrogens (tertiary/aromatic N) is 2. The molecule has 5 nitrogen and oxygen atoms in total. The molecule has 0 aliphatic carbocycles. The highest BCUT2D eigenvalue weighted by molar-refractivity contribution is 5.90. The summed E-state index contributed by atoms with van der Waals surface area (Å²) in [5, 5.41) is 0. The lowest BCUT2D eigenvalue weighted by molar-refractivity contribution is 0.0524. The Kier molecular flexibility index (Phi) is 6.28. The van der Waals surface area contributed by atoms with Crippen LogP contribution < -0.4 is 0 Å². The van der Waals surface area contributed by atoms with Crippen molar-refractivity contribution in [1.82, 2.24) is 9.97 Å². The van der Waals surface area contributed by atoms with E-state index in [9.17, 15) is 4.79 Å². The Balaban J connectivity index is 2.79. The van der Waals surface area contributed by atoms with E-state index in [-0.39, 0.29) is 5.97 Å². The second kappa shape index (κ2) is 7.76. The molecular formula is C13H20N2O3. The molecule has 0 radical (unpaired) electrons. The minimum atomic E-state index is -0.356. The highest BCUT2D eigenvalue weighted by Crippen LogP contribution is 2.09. The van der Waals surface area contributed by atoms with Gasteiger partial charge in [0.05, 0.1) is 24.5 Å². The van der Waals surface area contributed by atoms with Crippen LogP contribution in [0.1, 0.15) is 42.6 Å². The number of ether oxygens (including phenoxy) is 2. The van der Waals surface area contributed by atoms with E-state index in [1.165, 1.54) is 0 Å². The molecule has 1 rings (SSSR count). The molecule has 18 heavy (non-hydrogen) atoms. The Morgan fingerprint density at radius 1 is 1.28 bits per heavy atom. The lowest BCUT2D eigenvalue weighted by atomic mass is 10.2. The van der Waals surface area contributed by atoms with Gasteiger partial charge in [0.1, 0.15) is 5.82 Å². The van der Waals surface area contributed by atoms with Crippen molar-refractivity contribution >= 4 is 5.97 Å². The molecule has 0 aromatic carbocycles. The highest BCUT2D eigenvalue weighted by atomic mass is 16.5. The van der Waals surface area contributed by atoms with Gasteiger partial charge in [-0.25, -0.2) is 14.8 Å². The first-order chi connectivity index (χ1) is 8.72. The zero-order valence-corrected chi connectivity index (χ0v) is 11.2. The van der Waals surface area contributed by atoms with E-state index in [1.54, 1.807) is 13.1 Å². The molecule has 0 spiro atoms. The van der Waals surface area contributed by atoms with Gasteiger partial charge >= 0.3 is 5.97 Å². The molecule has 0 fully saturated rings. The summed E-state index contributed by atoms with van der Waals surface area (Å²) in [5.41, 5.74) is 1.19. The number of aryl methyl sites for hydroxylation is 1. The minimum absolute atomic E-state index is 0.355. The first kappa shape index (κ1) is 14.6. The molecule has 0 saturated carbocycles. The maximum Gasteiger partial charge on any atom is 0.341 e. The number of aromatic nitrogens is 2. The molecule has 1 aromatic heterocycles. The largest absolute Gasteiger partial charge is 0.462 e. The zero-order chi connectivity index (χ0) is 13.4. The summed E-state index contributed by atoms with van der Waals surface area (Å²) in [4.78, 5) is 20.2. The maximum absolute atomic E-state index is 11.7. The van der Waals surface area contributed by atoms with E-state index in [0.717, 1.165) is 5.69 Å². The second-order valence-corrected chi connectivity index (χ2v) is 3.67. The molecule has 0 atom stereocenters. The Labute approximate surface area is 108 Å². The van der Waals surface area contributed by atoms with Crippen molar-refractivity contribution < 1.29 is 14.3 Å². The summed E-state index contributed by atoms with van der Waals surface area (Å²) in [7, 11) is 0. The number of carbonyl (C=O) groups is 1. The zero-order valence-electron chi connectivity index (χ0n) is 11.2. The van der Waals surface area contributed by atoms with Crippen LogP contribution in [0.2, 0.25) is 0 Å². The van der Waals surface area contributed by atoms with Gasteiger partial charge in [-0.2, -0.15) is 0 Å². The summed E-state index contributed by atoms with van der Waals surface area (Å²) >= 11 is 0. The molecule has 0 bridgehead atoms. The van der Waals surface area contributed by atoms with Gasteiger partial charge in [0, 0.05) is 19.2 Å². The lowest BCUT2D eigenvalue weighted by Crippen LogP contribution is -2.13. The van der Waals surface area contributed by atoms with Crippen molar-refractivity contribution in [3.63, 3.8) is 0 Å². The van der Waals surface area contributed by atoms with Crippen LogP contribution in [0.25, 0.3) is 0 Å². The standard InChI is InChI=1S/C13H20N2O3/c1-4-11-10(13(16)18-6-3)9-14-12(15-11)7-8-17-5-2/h9H,4-8H2,1-3H3. The van der Waals surface area contributed by atoms with Gasteiger partial charge < -0.3 is 9.47 Å².